The van der Waals surface area contributed by atoms with Crippen molar-refractivity contribution in [3.05, 3.63) is 34.9 Å². The van der Waals surface area contributed by atoms with Crippen molar-refractivity contribution in [2.24, 2.45) is 5.92 Å². The molecule has 0 bridgehead atoms. The molecule has 1 N–H and O–H groups in total. The number of benzene rings is 1. The summed E-state index contributed by atoms with van der Waals surface area (Å²) in [6, 6.07) is 6.09. The van der Waals surface area contributed by atoms with Crippen LogP contribution < -0.4 is 0 Å². The lowest BCUT2D eigenvalue weighted by Crippen LogP contribution is -2.48. The van der Waals surface area contributed by atoms with Crippen LogP contribution >= 0.6 is 0 Å². The number of nitrogens with zero attached hydrogens (tertiary/aromatic N) is 1. The molecule has 22 heavy (non-hydrogen) atoms. The van der Waals surface area contributed by atoms with Crippen molar-refractivity contribution in [1.29, 1.82) is 0 Å². The van der Waals surface area contributed by atoms with E-state index in [0.717, 1.165) is 36.1 Å². The third kappa shape index (κ3) is 3.03. The fourth-order valence-electron chi connectivity index (χ4n) is 3.87. The number of aryl methyl sites for hydroxylation is 2. The van der Waals surface area contributed by atoms with E-state index in [-0.39, 0.29) is 24.0 Å². The molecule has 0 saturated carbocycles. The molecule has 4 heteroatoms. The van der Waals surface area contributed by atoms with E-state index in [1.807, 2.05) is 30.9 Å². The van der Waals surface area contributed by atoms with E-state index in [1.54, 1.807) is 0 Å². The molecule has 3 rings (SSSR count). The minimum Gasteiger partial charge on any atom is -0.393 e. The Morgan fingerprint density at radius 1 is 1.23 bits per heavy atom. The quantitative estimate of drug-likeness (QED) is 0.912. The number of ether oxygens (including phenoxy) is 1. The molecule has 120 valence electrons. The predicted octanol–water partition coefficient (Wildman–Crippen LogP) is 2.31. The van der Waals surface area contributed by atoms with Crippen molar-refractivity contribution >= 4 is 5.91 Å². The summed E-state index contributed by atoms with van der Waals surface area (Å²) in [5.74, 6) is 0.137. The Kier molecular flexibility index (Phi) is 4.50. The van der Waals surface area contributed by atoms with Crippen molar-refractivity contribution in [3.63, 3.8) is 0 Å². The van der Waals surface area contributed by atoms with Crippen LogP contribution in [0.15, 0.2) is 18.2 Å². The topological polar surface area (TPSA) is 49.8 Å². The molecule has 3 unspecified atom stereocenters. The average molecular weight is 303 g/mol. The van der Waals surface area contributed by atoms with Crippen LogP contribution in [-0.4, -0.2) is 47.8 Å². The molecule has 2 aliphatic heterocycles. The third-order valence-electron chi connectivity index (χ3n) is 4.89. The second kappa shape index (κ2) is 6.39. The van der Waals surface area contributed by atoms with Gasteiger partial charge in [-0.1, -0.05) is 17.2 Å². The molecule has 2 aliphatic rings. The first kappa shape index (κ1) is 15.5. The van der Waals surface area contributed by atoms with E-state index in [2.05, 4.69) is 6.07 Å². The summed E-state index contributed by atoms with van der Waals surface area (Å²) >= 11 is 0. The van der Waals surface area contributed by atoms with Gasteiger partial charge in [0.15, 0.2) is 0 Å². The zero-order valence-corrected chi connectivity index (χ0v) is 13.4. The molecule has 0 aliphatic carbocycles. The zero-order chi connectivity index (χ0) is 15.7. The van der Waals surface area contributed by atoms with E-state index in [1.165, 1.54) is 0 Å². The third-order valence-corrected chi connectivity index (χ3v) is 4.89. The van der Waals surface area contributed by atoms with Gasteiger partial charge >= 0.3 is 0 Å². The number of hydrogen-bond acceptors (Lipinski definition) is 3. The van der Waals surface area contributed by atoms with E-state index in [0.29, 0.717) is 19.6 Å². The summed E-state index contributed by atoms with van der Waals surface area (Å²) in [4.78, 5) is 14.9. The Bertz CT molecular complexity index is 537. The van der Waals surface area contributed by atoms with Crippen molar-refractivity contribution in [1.82, 2.24) is 4.90 Å². The van der Waals surface area contributed by atoms with Crippen molar-refractivity contribution < 1.29 is 14.6 Å². The number of aliphatic hydroxyl groups is 1. The minimum atomic E-state index is -0.355. The number of amides is 1. The van der Waals surface area contributed by atoms with Gasteiger partial charge in [-0.25, -0.2) is 0 Å². The van der Waals surface area contributed by atoms with Crippen LogP contribution in [0.3, 0.4) is 0 Å². The van der Waals surface area contributed by atoms with Gasteiger partial charge < -0.3 is 14.7 Å². The minimum absolute atomic E-state index is 0.0473. The molecule has 2 fully saturated rings. The lowest BCUT2D eigenvalue weighted by molar-refractivity contribution is -0.0589. The number of hydrogen-bond donors (Lipinski definition) is 1. The van der Waals surface area contributed by atoms with Crippen molar-refractivity contribution in [2.45, 2.75) is 45.3 Å². The molecule has 0 spiro atoms. The van der Waals surface area contributed by atoms with Gasteiger partial charge in [-0.05, 0) is 45.2 Å². The molecule has 4 nitrogen and oxygen atoms in total. The number of carbonyl (C=O) groups is 1. The normalized spacial score (nSPS) is 28.9. The first-order valence-corrected chi connectivity index (χ1v) is 8.21. The monoisotopic (exact) mass is 303 g/mol. The lowest BCUT2D eigenvalue weighted by Gasteiger charge is -2.37. The standard InChI is InChI=1S/C18H25NO3/c1-12-8-13(2)10-14(9-12)18(21)19-6-3-4-16(19)15-11-22-7-5-17(15)20/h8-10,15-17,20H,3-7,11H2,1-2H3. The maximum absolute atomic E-state index is 12.9. The summed E-state index contributed by atoms with van der Waals surface area (Å²) in [6.45, 7) is 5.99. The van der Waals surface area contributed by atoms with Crippen LogP contribution in [0, 0.1) is 19.8 Å². The number of likely N-dealkylation sites (tertiary alicyclic amines) is 1. The number of rotatable bonds is 2. The van der Waals surface area contributed by atoms with E-state index < -0.39 is 0 Å². The molecule has 2 heterocycles. The van der Waals surface area contributed by atoms with Gasteiger partial charge in [0, 0.05) is 30.7 Å². The van der Waals surface area contributed by atoms with Gasteiger partial charge in [0.1, 0.15) is 0 Å². The first-order valence-electron chi connectivity index (χ1n) is 8.21. The highest BCUT2D eigenvalue weighted by Crippen LogP contribution is 2.31. The highest BCUT2D eigenvalue weighted by molar-refractivity contribution is 5.95. The molecule has 1 aromatic rings. The first-order chi connectivity index (χ1) is 10.6. The second-order valence-corrected chi connectivity index (χ2v) is 6.68. The Balaban J connectivity index is 1.81. The van der Waals surface area contributed by atoms with E-state index in [4.69, 9.17) is 4.74 Å². The van der Waals surface area contributed by atoms with E-state index in [9.17, 15) is 9.90 Å². The molecule has 0 radical (unpaired) electrons. The van der Waals surface area contributed by atoms with Crippen LogP contribution in [0.2, 0.25) is 0 Å². The molecule has 0 aromatic heterocycles. The molecular weight excluding hydrogens is 278 g/mol. The Hall–Kier alpha value is -1.39. The molecule has 3 atom stereocenters. The predicted molar refractivity (Wildman–Crippen MR) is 84.9 cm³/mol. The molecule has 1 aromatic carbocycles. The largest absolute Gasteiger partial charge is 0.393 e. The van der Waals surface area contributed by atoms with Gasteiger partial charge in [0.05, 0.1) is 12.7 Å². The SMILES string of the molecule is Cc1cc(C)cc(C(=O)N2CCCC2C2COCCC2O)c1. The summed E-state index contributed by atoms with van der Waals surface area (Å²) in [6.07, 6.45) is 2.28. The summed E-state index contributed by atoms with van der Waals surface area (Å²) in [7, 11) is 0. The van der Waals surface area contributed by atoms with Gasteiger partial charge in [-0.2, -0.15) is 0 Å². The van der Waals surface area contributed by atoms with Crippen LogP contribution in [0.4, 0.5) is 0 Å². The Morgan fingerprint density at radius 3 is 2.64 bits per heavy atom. The van der Waals surface area contributed by atoms with E-state index >= 15 is 0 Å². The fourth-order valence-corrected chi connectivity index (χ4v) is 3.87. The van der Waals surface area contributed by atoms with Crippen molar-refractivity contribution in [3.8, 4) is 0 Å². The van der Waals surface area contributed by atoms with Gasteiger partial charge in [-0.15, -0.1) is 0 Å². The summed E-state index contributed by atoms with van der Waals surface area (Å²) in [5.41, 5.74) is 2.98. The summed E-state index contributed by atoms with van der Waals surface area (Å²) < 4.78 is 5.54. The molecule has 1 amide bonds. The Morgan fingerprint density at radius 2 is 1.95 bits per heavy atom. The smallest absolute Gasteiger partial charge is 0.254 e. The average Bonchev–Trinajstić information content (AvgIpc) is 2.95. The van der Waals surface area contributed by atoms with Gasteiger partial charge in [-0.3, -0.25) is 4.79 Å². The molecular formula is C18H25NO3. The van der Waals surface area contributed by atoms with Gasteiger partial charge in [0.25, 0.3) is 5.91 Å². The maximum atomic E-state index is 12.9. The van der Waals surface area contributed by atoms with Crippen LogP contribution in [0.5, 0.6) is 0 Å². The maximum Gasteiger partial charge on any atom is 0.254 e. The molecule has 2 saturated heterocycles. The van der Waals surface area contributed by atoms with Crippen molar-refractivity contribution in [2.75, 3.05) is 19.8 Å². The summed E-state index contributed by atoms with van der Waals surface area (Å²) in [5, 5.41) is 10.3. The number of carbonyl (C=O) groups excluding carboxylic acids is 1. The van der Waals surface area contributed by atoms with Crippen LogP contribution in [0.25, 0.3) is 0 Å². The van der Waals surface area contributed by atoms with Crippen LogP contribution in [0.1, 0.15) is 40.7 Å². The number of aliphatic hydroxyl groups excluding tert-OH is 1. The second-order valence-electron chi connectivity index (χ2n) is 6.68. The lowest BCUT2D eigenvalue weighted by atomic mass is 9.89. The highest BCUT2D eigenvalue weighted by atomic mass is 16.5. The van der Waals surface area contributed by atoms with Gasteiger partial charge in [0.2, 0.25) is 0 Å². The highest BCUT2D eigenvalue weighted by Gasteiger charge is 2.39. The fraction of sp³-hybridized carbons (Fsp3) is 0.611. The Labute approximate surface area is 132 Å². The van der Waals surface area contributed by atoms with Crippen LogP contribution in [-0.2, 0) is 4.74 Å². The zero-order valence-electron chi connectivity index (χ0n) is 13.4.